The van der Waals surface area contributed by atoms with Gasteiger partial charge in [0, 0.05) is 23.6 Å². The van der Waals surface area contributed by atoms with Crippen molar-refractivity contribution in [3.8, 4) is 0 Å². The summed E-state index contributed by atoms with van der Waals surface area (Å²) in [6, 6.07) is 1.65. The maximum Gasteiger partial charge on any atom is 0.339 e. The molecule has 1 saturated heterocycles. The molecule has 4 nitrogen and oxygen atoms in total. The van der Waals surface area contributed by atoms with Gasteiger partial charge in [0.05, 0.1) is 6.54 Å². The van der Waals surface area contributed by atoms with Gasteiger partial charge in [-0.2, -0.15) is 11.8 Å². The minimum atomic E-state index is -0.919. The fourth-order valence-corrected chi connectivity index (χ4v) is 3.48. The highest BCUT2D eigenvalue weighted by Crippen LogP contribution is 2.30. The van der Waals surface area contributed by atoms with Gasteiger partial charge in [-0.05, 0) is 26.8 Å². The first-order valence-corrected chi connectivity index (χ1v) is 7.05. The molecule has 0 aromatic carbocycles. The molecular formula is C13H19NO3S. The molecule has 2 heterocycles. The summed E-state index contributed by atoms with van der Waals surface area (Å²) >= 11 is 1.98. The zero-order valence-electron chi connectivity index (χ0n) is 11.0. The van der Waals surface area contributed by atoms with Gasteiger partial charge in [0.2, 0.25) is 0 Å². The fourth-order valence-electron chi connectivity index (χ4n) is 2.30. The third-order valence-corrected chi connectivity index (χ3v) is 4.38. The molecule has 0 aliphatic carbocycles. The maximum absolute atomic E-state index is 11.0. The molecule has 0 bridgehead atoms. The highest BCUT2D eigenvalue weighted by molar-refractivity contribution is 8.00. The molecule has 0 spiro atoms. The number of hydrogen-bond donors (Lipinski definition) is 1. The van der Waals surface area contributed by atoms with Gasteiger partial charge in [0.1, 0.15) is 17.1 Å². The third kappa shape index (κ3) is 3.09. The van der Waals surface area contributed by atoms with Crippen molar-refractivity contribution in [2.75, 3.05) is 18.8 Å². The normalized spacial score (nSPS) is 19.9. The van der Waals surface area contributed by atoms with Crippen molar-refractivity contribution in [1.29, 1.82) is 0 Å². The molecule has 1 N–H and O–H groups in total. The zero-order valence-corrected chi connectivity index (χ0v) is 11.8. The Morgan fingerprint density at radius 1 is 1.61 bits per heavy atom. The number of furan rings is 1. The Bertz CT molecular complexity index is 453. The van der Waals surface area contributed by atoms with Gasteiger partial charge in [0.25, 0.3) is 0 Å². The summed E-state index contributed by atoms with van der Waals surface area (Å²) in [6.45, 7) is 8.89. The number of aryl methyl sites for hydroxylation is 1. The van der Waals surface area contributed by atoms with Crippen LogP contribution in [0.2, 0.25) is 0 Å². The molecule has 100 valence electrons. The average molecular weight is 269 g/mol. The minimum absolute atomic E-state index is 0.259. The van der Waals surface area contributed by atoms with E-state index in [9.17, 15) is 4.79 Å². The molecule has 1 aromatic rings. The molecule has 18 heavy (non-hydrogen) atoms. The van der Waals surface area contributed by atoms with Gasteiger partial charge in [0.15, 0.2) is 0 Å². The van der Waals surface area contributed by atoms with Crippen molar-refractivity contribution in [2.24, 2.45) is 0 Å². The first kappa shape index (κ1) is 13.5. The van der Waals surface area contributed by atoms with Crippen molar-refractivity contribution in [3.05, 3.63) is 23.2 Å². The monoisotopic (exact) mass is 269 g/mol. The first-order chi connectivity index (χ1) is 8.37. The van der Waals surface area contributed by atoms with E-state index in [0.717, 1.165) is 24.6 Å². The lowest BCUT2D eigenvalue weighted by atomic mass is 10.2. The number of rotatable bonds is 3. The summed E-state index contributed by atoms with van der Waals surface area (Å²) in [6.07, 6.45) is 0. The van der Waals surface area contributed by atoms with Crippen LogP contribution in [-0.4, -0.2) is 39.6 Å². The number of carboxylic acids is 1. The second kappa shape index (κ2) is 4.97. The lowest BCUT2D eigenvalue weighted by Crippen LogP contribution is -2.42. The summed E-state index contributed by atoms with van der Waals surface area (Å²) in [5, 5.41) is 8.99. The Kier molecular flexibility index (Phi) is 3.73. The SMILES string of the molecule is Cc1oc(CN2CCSC(C)(C)C2)cc1C(=O)O. The van der Waals surface area contributed by atoms with E-state index in [-0.39, 0.29) is 10.3 Å². The fraction of sp³-hybridized carbons (Fsp3) is 0.615. The van der Waals surface area contributed by atoms with E-state index < -0.39 is 5.97 Å². The molecular weight excluding hydrogens is 250 g/mol. The van der Waals surface area contributed by atoms with Crippen molar-refractivity contribution in [1.82, 2.24) is 4.90 Å². The van der Waals surface area contributed by atoms with Crippen LogP contribution >= 0.6 is 11.8 Å². The predicted octanol–water partition coefficient (Wildman–Crippen LogP) is 2.61. The minimum Gasteiger partial charge on any atom is -0.478 e. The van der Waals surface area contributed by atoms with Crippen LogP contribution < -0.4 is 0 Å². The van der Waals surface area contributed by atoms with E-state index in [4.69, 9.17) is 9.52 Å². The van der Waals surface area contributed by atoms with Gasteiger partial charge in [-0.15, -0.1) is 0 Å². The smallest absolute Gasteiger partial charge is 0.339 e. The van der Waals surface area contributed by atoms with Crippen molar-refractivity contribution < 1.29 is 14.3 Å². The maximum atomic E-state index is 11.0. The predicted molar refractivity (Wildman–Crippen MR) is 72.2 cm³/mol. The zero-order chi connectivity index (χ0) is 13.3. The van der Waals surface area contributed by atoms with Crippen LogP contribution in [0.1, 0.15) is 35.7 Å². The van der Waals surface area contributed by atoms with Crippen LogP contribution in [-0.2, 0) is 6.54 Å². The number of hydrogen-bond acceptors (Lipinski definition) is 4. The third-order valence-electron chi connectivity index (χ3n) is 3.08. The molecule has 1 aliphatic rings. The quantitative estimate of drug-likeness (QED) is 0.914. The van der Waals surface area contributed by atoms with E-state index in [1.807, 2.05) is 11.8 Å². The van der Waals surface area contributed by atoms with Crippen LogP contribution in [0, 0.1) is 6.92 Å². The number of thioether (sulfide) groups is 1. The van der Waals surface area contributed by atoms with Gasteiger partial charge in [-0.1, -0.05) is 0 Å². The van der Waals surface area contributed by atoms with Crippen molar-refractivity contribution in [3.63, 3.8) is 0 Å². The summed E-state index contributed by atoms with van der Waals surface area (Å²) < 4.78 is 5.78. The van der Waals surface area contributed by atoms with Gasteiger partial charge >= 0.3 is 5.97 Å². The molecule has 0 saturated carbocycles. The van der Waals surface area contributed by atoms with Crippen LogP contribution in [0.3, 0.4) is 0 Å². The molecule has 1 fully saturated rings. The van der Waals surface area contributed by atoms with Crippen molar-refractivity contribution in [2.45, 2.75) is 32.1 Å². The Hall–Kier alpha value is -0.940. The Labute approximate surface area is 111 Å². The molecule has 5 heteroatoms. The second-order valence-corrected chi connectivity index (χ2v) is 7.11. The second-order valence-electron chi connectivity index (χ2n) is 5.31. The molecule has 2 rings (SSSR count). The lowest BCUT2D eigenvalue weighted by molar-refractivity contribution is 0.0695. The van der Waals surface area contributed by atoms with Gasteiger partial charge in [-0.3, -0.25) is 4.90 Å². The van der Waals surface area contributed by atoms with Crippen LogP contribution in [0.4, 0.5) is 0 Å². The Morgan fingerprint density at radius 2 is 2.33 bits per heavy atom. The molecule has 1 aromatic heterocycles. The molecule has 1 aliphatic heterocycles. The summed E-state index contributed by atoms with van der Waals surface area (Å²) in [5.41, 5.74) is 0.274. The van der Waals surface area contributed by atoms with Gasteiger partial charge in [-0.25, -0.2) is 4.79 Å². The Balaban J connectivity index is 2.05. The first-order valence-electron chi connectivity index (χ1n) is 6.06. The van der Waals surface area contributed by atoms with E-state index in [2.05, 4.69) is 18.7 Å². The van der Waals surface area contributed by atoms with E-state index >= 15 is 0 Å². The van der Waals surface area contributed by atoms with Crippen LogP contribution in [0.25, 0.3) is 0 Å². The van der Waals surface area contributed by atoms with E-state index in [1.54, 1.807) is 13.0 Å². The van der Waals surface area contributed by atoms with Crippen LogP contribution in [0.15, 0.2) is 10.5 Å². The molecule has 0 amide bonds. The summed E-state index contributed by atoms with van der Waals surface area (Å²) in [5.74, 6) is 1.42. The molecule has 0 unspecified atom stereocenters. The number of nitrogens with zero attached hydrogens (tertiary/aromatic N) is 1. The highest BCUT2D eigenvalue weighted by Gasteiger charge is 2.27. The van der Waals surface area contributed by atoms with Crippen LogP contribution in [0.5, 0.6) is 0 Å². The number of carbonyl (C=O) groups is 1. The topological polar surface area (TPSA) is 53.7 Å². The van der Waals surface area contributed by atoms with Gasteiger partial charge < -0.3 is 9.52 Å². The van der Waals surface area contributed by atoms with E-state index in [1.165, 1.54) is 0 Å². The van der Waals surface area contributed by atoms with Crippen molar-refractivity contribution >= 4 is 17.7 Å². The molecule has 0 radical (unpaired) electrons. The largest absolute Gasteiger partial charge is 0.478 e. The summed E-state index contributed by atoms with van der Waals surface area (Å²) in [4.78, 5) is 13.3. The molecule has 0 atom stereocenters. The lowest BCUT2D eigenvalue weighted by Gasteiger charge is -2.37. The Morgan fingerprint density at radius 3 is 2.89 bits per heavy atom. The number of carboxylic acid groups (broad SMARTS) is 1. The summed E-state index contributed by atoms with van der Waals surface area (Å²) in [7, 11) is 0. The average Bonchev–Trinajstić information content (AvgIpc) is 2.58. The van der Waals surface area contributed by atoms with E-state index in [0.29, 0.717) is 12.3 Å². The highest BCUT2D eigenvalue weighted by atomic mass is 32.2. The standard InChI is InChI=1S/C13H19NO3S/c1-9-11(12(15)16)6-10(17-9)7-14-4-5-18-13(2,3)8-14/h6H,4-5,7-8H2,1-3H3,(H,15,16). The number of aromatic carboxylic acids is 1.